The fourth-order valence-corrected chi connectivity index (χ4v) is 3.33. The minimum absolute atomic E-state index is 0.134. The molecule has 2 aromatic heterocycles. The topological polar surface area (TPSA) is 108 Å². The minimum atomic E-state index is -4.75. The summed E-state index contributed by atoms with van der Waals surface area (Å²) in [6.07, 6.45) is -7.19. The van der Waals surface area contributed by atoms with Crippen LogP contribution >= 0.6 is 0 Å². The van der Waals surface area contributed by atoms with E-state index in [1.807, 2.05) is 0 Å². The number of anilines is 1. The highest BCUT2D eigenvalue weighted by Crippen LogP contribution is 2.30. The molecule has 1 aliphatic heterocycles. The van der Waals surface area contributed by atoms with E-state index in [-0.39, 0.29) is 30.7 Å². The number of fused-ring (bicyclic) bond motifs is 1. The van der Waals surface area contributed by atoms with E-state index in [0.717, 1.165) is 12.3 Å². The van der Waals surface area contributed by atoms with E-state index in [2.05, 4.69) is 15.3 Å². The van der Waals surface area contributed by atoms with Gasteiger partial charge in [-0.1, -0.05) is 0 Å². The van der Waals surface area contributed by atoms with Crippen molar-refractivity contribution in [3.8, 4) is 0 Å². The van der Waals surface area contributed by atoms with Gasteiger partial charge in [0.25, 0.3) is 5.91 Å². The molecule has 1 aliphatic rings. The third-order valence-corrected chi connectivity index (χ3v) is 4.90. The molecule has 7 nitrogen and oxygen atoms in total. The number of nitrogens with one attached hydrogen (secondary N) is 2. The van der Waals surface area contributed by atoms with Crippen molar-refractivity contribution in [3.05, 3.63) is 64.4 Å². The van der Waals surface area contributed by atoms with E-state index in [1.54, 1.807) is 4.90 Å². The number of allylic oxidation sites excluding steroid dienone is 1. The van der Waals surface area contributed by atoms with Crippen LogP contribution < -0.4 is 11.1 Å². The van der Waals surface area contributed by atoms with Crippen molar-refractivity contribution in [2.24, 2.45) is 5.73 Å². The standard InChI is InChI=1S/C20H18F6N6O/c21-19(22,23)12(7-27)8-30-14-6-15(18(28)33)31-16-10-32(4-2-13(14)16)9-11-1-3-29-17(5-11)20(24,25)26/h1,3,5-8,27H,2,4,9-10H2,(H2,28,33)(H,30,31)/b12-8+,27-7?. The first-order valence-electron chi connectivity index (χ1n) is 9.50. The molecular formula is C20H18F6N6O. The number of hydrogen-bond acceptors (Lipinski definition) is 6. The Kier molecular flexibility index (Phi) is 6.72. The van der Waals surface area contributed by atoms with Gasteiger partial charge in [-0.15, -0.1) is 0 Å². The number of carbonyl (C=O) groups excluding carboxylic acids is 1. The van der Waals surface area contributed by atoms with E-state index in [9.17, 15) is 31.1 Å². The van der Waals surface area contributed by atoms with Gasteiger partial charge in [-0.2, -0.15) is 26.3 Å². The Balaban J connectivity index is 1.87. The lowest BCUT2D eigenvalue weighted by Gasteiger charge is -2.29. The molecule has 0 aliphatic carbocycles. The van der Waals surface area contributed by atoms with E-state index in [4.69, 9.17) is 11.1 Å². The van der Waals surface area contributed by atoms with Crippen LogP contribution in [0.3, 0.4) is 0 Å². The monoisotopic (exact) mass is 472 g/mol. The first-order valence-corrected chi connectivity index (χ1v) is 9.50. The zero-order chi connectivity index (χ0) is 24.4. The van der Waals surface area contributed by atoms with Crippen molar-refractivity contribution in [2.75, 3.05) is 11.9 Å². The Bertz CT molecular complexity index is 1100. The van der Waals surface area contributed by atoms with Gasteiger partial charge in [0.15, 0.2) is 0 Å². The smallest absolute Gasteiger partial charge is 0.364 e. The van der Waals surface area contributed by atoms with E-state index < -0.39 is 29.5 Å². The molecule has 33 heavy (non-hydrogen) atoms. The number of rotatable bonds is 6. The van der Waals surface area contributed by atoms with Gasteiger partial charge in [0.05, 0.1) is 11.3 Å². The maximum Gasteiger partial charge on any atom is 0.433 e. The molecule has 0 atom stereocenters. The van der Waals surface area contributed by atoms with Crippen molar-refractivity contribution < 1.29 is 31.1 Å². The van der Waals surface area contributed by atoms with Crippen LogP contribution in [0.2, 0.25) is 0 Å². The van der Waals surface area contributed by atoms with Crippen LogP contribution in [-0.4, -0.2) is 39.7 Å². The molecule has 0 saturated heterocycles. The summed E-state index contributed by atoms with van der Waals surface area (Å²) in [6.45, 7) is 0.654. The molecule has 3 rings (SSSR count). The zero-order valence-corrected chi connectivity index (χ0v) is 16.9. The number of amides is 1. The van der Waals surface area contributed by atoms with Crippen LogP contribution in [0.25, 0.3) is 0 Å². The predicted molar refractivity (Wildman–Crippen MR) is 106 cm³/mol. The molecule has 0 saturated carbocycles. The van der Waals surface area contributed by atoms with Gasteiger partial charge in [0, 0.05) is 43.9 Å². The summed E-state index contributed by atoms with van der Waals surface area (Å²) >= 11 is 0. The van der Waals surface area contributed by atoms with Gasteiger partial charge in [-0.25, -0.2) is 4.98 Å². The zero-order valence-electron chi connectivity index (χ0n) is 16.9. The molecule has 3 heterocycles. The second-order valence-electron chi connectivity index (χ2n) is 7.24. The Labute approximate surface area is 183 Å². The maximum atomic E-state index is 12.9. The number of nitrogens with zero attached hydrogens (tertiary/aromatic N) is 3. The van der Waals surface area contributed by atoms with Gasteiger partial charge in [0.2, 0.25) is 0 Å². The van der Waals surface area contributed by atoms with E-state index >= 15 is 0 Å². The molecule has 0 spiro atoms. The molecule has 0 radical (unpaired) electrons. The normalized spacial score (nSPS) is 15.2. The quantitative estimate of drug-likeness (QED) is 0.439. The summed E-state index contributed by atoms with van der Waals surface area (Å²) in [4.78, 5) is 21.0. The minimum Gasteiger partial charge on any atom is -0.364 e. The number of halogens is 6. The summed E-state index contributed by atoms with van der Waals surface area (Å²) < 4.78 is 77.4. The van der Waals surface area contributed by atoms with Crippen molar-refractivity contribution in [1.82, 2.24) is 14.9 Å². The fourth-order valence-electron chi connectivity index (χ4n) is 3.33. The van der Waals surface area contributed by atoms with Crippen molar-refractivity contribution in [3.63, 3.8) is 0 Å². The lowest BCUT2D eigenvalue weighted by Crippen LogP contribution is -2.32. The maximum absolute atomic E-state index is 12.9. The second kappa shape index (κ2) is 9.17. The van der Waals surface area contributed by atoms with Gasteiger partial charge < -0.3 is 16.5 Å². The van der Waals surface area contributed by atoms with Gasteiger partial charge in [0.1, 0.15) is 11.4 Å². The molecule has 13 heteroatoms. The first-order chi connectivity index (χ1) is 15.4. The third-order valence-electron chi connectivity index (χ3n) is 4.90. The molecule has 0 bridgehead atoms. The molecule has 2 aromatic rings. The van der Waals surface area contributed by atoms with Crippen LogP contribution in [0, 0.1) is 5.41 Å². The van der Waals surface area contributed by atoms with Crippen molar-refractivity contribution in [1.29, 1.82) is 5.41 Å². The molecule has 4 N–H and O–H groups in total. The van der Waals surface area contributed by atoms with Crippen LogP contribution in [-0.2, 0) is 25.7 Å². The fraction of sp³-hybridized carbons (Fsp3) is 0.300. The lowest BCUT2D eigenvalue weighted by atomic mass is 10.0. The summed E-state index contributed by atoms with van der Waals surface area (Å²) in [5.41, 5.74) is 4.32. The van der Waals surface area contributed by atoms with E-state index in [1.165, 1.54) is 12.1 Å². The van der Waals surface area contributed by atoms with Gasteiger partial charge in [-0.05, 0) is 35.7 Å². The Morgan fingerprint density at radius 2 is 1.97 bits per heavy atom. The van der Waals surface area contributed by atoms with Gasteiger partial charge >= 0.3 is 12.4 Å². The lowest BCUT2D eigenvalue weighted by molar-refractivity contribution is -0.141. The average molecular weight is 472 g/mol. The number of primary amides is 1. The van der Waals surface area contributed by atoms with Gasteiger partial charge in [-0.3, -0.25) is 14.7 Å². The molecule has 0 aromatic carbocycles. The van der Waals surface area contributed by atoms with Crippen LogP contribution in [0.1, 0.15) is 33.0 Å². The average Bonchev–Trinajstić information content (AvgIpc) is 2.72. The number of pyridine rings is 2. The molecule has 0 unspecified atom stereocenters. The number of hydrogen-bond donors (Lipinski definition) is 3. The highest BCUT2D eigenvalue weighted by Gasteiger charge is 2.33. The predicted octanol–water partition coefficient (Wildman–Crippen LogP) is 3.66. The number of carbonyl (C=O) groups is 1. The summed E-state index contributed by atoms with van der Waals surface area (Å²) in [5.74, 6) is -0.894. The van der Waals surface area contributed by atoms with Crippen molar-refractivity contribution >= 4 is 17.8 Å². The highest BCUT2D eigenvalue weighted by molar-refractivity contribution is 5.92. The van der Waals surface area contributed by atoms with Crippen molar-refractivity contribution in [2.45, 2.75) is 31.9 Å². The van der Waals surface area contributed by atoms with E-state index in [0.29, 0.717) is 36.0 Å². The van der Waals surface area contributed by atoms with Crippen LogP contribution in [0.5, 0.6) is 0 Å². The summed E-state index contributed by atoms with van der Waals surface area (Å²) in [7, 11) is 0. The number of aromatic nitrogens is 2. The second-order valence-corrected chi connectivity index (χ2v) is 7.24. The van der Waals surface area contributed by atoms with Crippen LogP contribution in [0.15, 0.2) is 36.2 Å². The Morgan fingerprint density at radius 1 is 1.24 bits per heavy atom. The third kappa shape index (κ3) is 5.86. The molecule has 176 valence electrons. The SMILES string of the molecule is N=C/C(=C\Nc1cc(C(N)=O)nc2c1CCN(Cc1ccnc(C(F)(F)F)c1)C2)C(F)(F)F. The Morgan fingerprint density at radius 3 is 2.58 bits per heavy atom. The summed E-state index contributed by atoms with van der Waals surface area (Å²) in [6, 6.07) is 3.62. The highest BCUT2D eigenvalue weighted by atomic mass is 19.4. The van der Waals surface area contributed by atoms with Crippen LogP contribution in [0.4, 0.5) is 32.0 Å². The molecule has 1 amide bonds. The largest absolute Gasteiger partial charge is 0.433 e. The summed E-state index contributed by atoms with van der Waals surface area (Å²) in [5, 5.41) is 9.43. The number of alkyl halides is 6. The number of nitrogens with two attached hydrogens (primary N) is 1. The first kappa shape index (κ1) is 24.2. The Hall–Kier alpha value is -3.48. The molecule has 0 fully saturated rings. The molecular weight excluding hydrogens is 454 g/mol.